The smallest absolute Gasteiger partial charge is 0.0512 e. The molecule has 0 spiro atoms. The van der Waals surface area contributed by atoms with Crippen LogP contribution in [0.25, 0.3) is 0 Å². The van der Waals surface area contributed by atoms with E-state index in [-0.39, 0.29) is 6.10 Å². The third kappa shape index (κ3) is 4.09. The molecule has 0 aliphatic carbocycles. The molecule has 0 aromatic rings. The van der Waals surface area contributed by atoms with E-state index in [2.05, 4.69) is 30.7 Å². The highest BCUT2D eigenvalue weighted by atomic mass is 16.3. The quantitative estimate of drug-likeness (QED) is 0.761. The summed E-state index contributed by atoms with van der Waals surface area (Å²) in [7, 11) is 2.21. The average Bonchev–Trinajstić information content (AvgIpc) is 2.13. The van der Waals surface area contributed by atoms with Gasteiger partial charge in [-0.2, -0.15) is 0 Å². The molecule has 3 heteroatoms. The van der Waals surface area contributed by atoms with Crippen molar-refractivity contribution in [3.8, 4) is 0 Å². The van der Waals surface area contributed by atoms with Crippen LogP contribution < -0.4 is 0 Å². The lowest BCUT2D eigenvalue weighted by atomic mass is 10.1. The first-order valence-corrected chi connectivity index (χ1v) is 6.13. The zero-order valence-corrected chi connectivity index (χ0v) is 10.6. The molecule has 15 heavy (non-hydrogen) atoms. The number of hydrogen-bond acceptors (Lipinski definition) is 3. The number of aliphatic hydroxyl groups is 1. The summed E-state index contributed by atoms with van der Waals surface area (Å²) < 4.78 is 0. The Morgan fingerprint density at radius 3 is 2.27 bits per heavy atom. The van der Waals surface area contributed by atoms with Gasteiger partial charge in [-0.1, -0.05) is 0 Å². The Bertz CT molecular complexity index is 172. The van der Waals surface area contributed by atoms with E-state index in [1.165, 1.54) is 13.1 Å². The molecule has 1 fully saturated rings. The van der Waals surface area contributed by atoms with Crippen LogP contribution in [0.5, 0.6) is 0 Å². The van der Waals surface area contributed by atoms with Gasteiger partial charge in [-0.05, 0) is 47.2 Å². The zero-order chi connectivity index (χ0) is 11.4. The minimum absolute atomic E-state index is 0.146. The Morgan fingerprint density at radius 2 is 1.80 bits per heavy atom. The molecule has 1 N–H and O–H groups in total. The van der Waals surface area contributed by atoms with Crippen molar-refractivity contribution in [2.75, 3.05) is 26.7 Å². The molecule has 1 rings (SSSR count). The molecular weight excluding hydrogens is 188 g/mol. The standard InChI is InChI=1S/C12H26N2O/c1-10-8-14(7-5-6-12(3)15)9-11(2)13(10)4/h10-12,15H,5-9H2,1-4H3. The van der Waals surface area contributed by atoms with E-state index >= 15 is 0 Å². The fourth-order valence-corrected chi connectivity index (χ4v) is 2.31. The molecule has 0 amide bonds. The number of aliphatic hydroxyl groups excluding tert-OH is 1. The van der Waals surface area contributed by atoms with Crippen LogP contribution in [0.4, 0.5) is 0 Å². The Hall–Kier alpha value is -0.120. The van der Waals surface area contributed by atoms with Crippen molar-refractivity contribution in [3.63, 3.8) is 0 Å². The highest BCUT2D eigenvalue weighted by molar-refractivity contribution is 4.82. The molecule has 0 aromatic heterocycles. The van der Waals surface area contributed by atoms with Gasteiger partial charge < -0.3 is 10.0 Å². The maximum atomic E-state index is 9.20. The maximum absolute atomic E-state index is 9.20. The van der Waals surface area contributed by atoms with Gasteiger partial charge in [-0.15, -0.1) is 0 Å². The Kier molecular flexibility index (Phi) is 5.03. The Morgan fingerprint density at radius 1 is 1.27 bits per heavy atom. The van der Waals surface area contributed by atoms with Crippen LogP contribution in [0, 0.1) is 0 Å². The van der Waals surface area contributed by atoms with E-state index < -0.39 is 0 Å². The molecular formula is C12H26N2O. The van der Waals surface area contributed by atoms with Gasteiger partial charge in [0, 0.05) is 25.2 Å². The van der Waals surface area contributed by atoms with E-state index in [1.54, 1.807) is 0 Å². The van der Waals surface area contributed by atoms with Crippen LogP contribution in [0.3, 0.4) is 0 Å². The van der Waals surface area contributed by atoms with Crippen molar-refractivity contribution >= 4 is 0 Å². The summed E-state index contributed by atoms with van der Waals surface area (Å²) >= 11 is 0. The van der Waals surface area contributed by atoms with Gasteiger partial charge in [0.05, 0.1) is 6.10 Å². The van der Waals surface area contributed by atoms with E-state index in [4.69, 9.17) is 0 Å². The highest BCUT2D eigenvalue weighted by Crippen LogP contribution is 2.13. The van der Waals surface area contributed by atoms with E-state index in [0.29, 0.717) is 12.1 Å². The summed E-state index contributed by atoms with van der Waals surface area (Å²) in [5.74, 6) is 0. The largest absolute Gasteiger partial charge is 0.393 e. The van der Waals surface area contributed by atoms with Crippen molar-refractivity contribution in [1.29, 1.82) is 0 Å². The SMILES string of the molecule is CC(O)CCCN1CC(C)N(C)C(C)C1. The number of nitrogens with zero attached hydrogens (tertiary/aromatic N) is 2. The molecule has 0 radical (unpaired) electrons. The predicted octanol–water partition coefficient (Wildman–Crippen LogP) is 1.17. The zero-order valence-electron chi connectivity index (χ0n) is 10.6. The van der Waals surface area contributed by atoms with Crippen molar-refractivity contribution in [1.82, 2.24) is 9.80 Å². The molecule has 90 valence electrons. The van der Waals surface area contributed by atoms with Crippen LogP contribution in [0.15, 0.2) is 0 Å². The van der Waals surface area contributed by atoms with Gasteiger partial charge in [0.25, 0.3) is 0 Å². The molecule has 0 bridgehead atoms. The van der Waals surface area contributed by atoms with Crippen LogP contribution in [0.2, 0.25) is 0 Å². The van der Waals surface area contributed by atoms with Crippen LogP contribution in [0.1, 0.15) is 33.6 Å². The molecule has 3 atom stereocenters. The summed E-state index contributed by atoms with van der Waals surface area (Å²) in [5, 5.41) is 9.20. The summed E-state index contributed by atoms with van der Waals surface area (Å²) in [4.78, 5) is 4.98. The first-order chi connectivity index (χ1) is 7.00. The highest BCUT2D eigenvalue weighted by Gasteiger charge is 2.25. The molecule has 1 aliphatic rings. The summed E-state index contributed by atoms with van der Waals surface area (Å²) in [5.41, 5.74) is 0. The lowest BCUT2D eigenvalue weighted by Gasteiger charge is -2.42. The van der Waals surface area contributed by atoms with E-state index in [1.807, 2.05) is 6.92 Å². The lowest BCUT2D eigenvalue weighted by Crippen LogP contribution is -2.54. The molecule has 1 aliphatic heterocycles. The minimum atomic E-state index is -0.146. The summed E-state index contributed by atoms with van der Waals surface area (Å²) in [6.07, 6.45) is 1.89. The second-order valence-electron chi connectivity index (χ2n) is 5.11. The molecule has 1 saturated heterocycles. The number of rotatable bonds is 4. The van der Waals surface area contributed by atoms with Crippen molar-refractivity contribution < 1.29 is 5.11 Å². The third-order valence-electron chi connectivity index (χ3n) is 3.53. The molecule has 0 aromatic carbocycles. The molecule has 0 saturated carbocycles. The van der Waals surface area contributed by atoms with E-state index in [9.17, 15) is 5.11 Å². The molecule has 3 unspecified atom stereocenters. The van der Waals surface area contributed by atoms with Gasteiger partial charge in [-0.3, -0.25) is 4.90 Å². The predicted molar refractivity (Wildman–Crippen MR) is 64.0 cm³/mol. The monoisotopic (exact) mass is 214 g/mol. The van der Waals surface area contributed by atoms with Gasteiger partial charge in [0.1, 0.15) is 0 Å². The second-order valence-corrected chi connectivity index (χ2v) is 5.11. The van der Waals surface area contributed by atoms with Crippen molar-refractivity contribution in [3.05, 3.63) is 0 Å². The first-order valence-electron chi connectivity index (χ1n) is 6.13. The fraction of sp³-hybridized carbons (Fsp3) is 1.00. The maximum Gasteiger partial charge on any atom is 0.0512 e. The summed E-state index contributed by atoms with van der Waals surface area (Å²) in [6.45, 7) is 9.92. The third-order valence-corrected chi connectivity index (χ3v) is 3.53. The van der Waals surface area contributed by atoms with Crippen LogP contribution in [-0.2, 0) is 0 Å². The van der Waals surface area contributed by atoms with Gasteiger partial charge in [0.15, 0.2) is 0 Å². The number of likely N-dealkylation sites (N-methyl/N-ethyl adjacent to an activating group) is 1. The first kappa shape index (κ1) is 12.9. The van der Waals surface area contributed by atoms with Gasteiger partial charge >= 0.3 is 0 Å². The normalized spacial score (nSPS) is 31.8. The van der Waals surface area contributed by atoms with Gasteiger partial charge in [-0.25, -0.2) is 0 Å². The van der Waals surface area contributed by atoms with Gasteiger partial charge in [0.2, 0.25) is 0 Å². The van der Waals surface area contributed by atoms with E-state index in [0.717, 1.165) is 19.4 Å². The Labute approximate surface area is 94.1 Å². The van der Waals surface area contributed by atoms with Crippen LogP contribution >= 0.6 is 0 Å². The topological polar surface area (TPSA) is 26.7 Å². The fourth-order valence-electron chi connectivity index (χ4n) is 2.31. The second kappa shape index (κ2) is 5.83. The van der Waals surface area contributed by atoms with Crippen molar-refractivity contribution in [2.45, 2.75) is 51.8 Å². The summed E-state index contributed by atoms with van der Waals surface area (Å²) in [6, 6.07) is 1.31. The minimum Gasteiger partial charge on any atom is -0.393 e. The molecule has 3 nitrogen and oxygen atoms in total. The average molecular weight is 214 g/mol. The lowest BCUT2D eigenvalue weighted by molar-refractivity contribution is 0.0566. The number of piperazine rings is 1. The van der Waals surface area contributed by atoms with Crippen molar-refractivity contribution in [2.24, 2.45) is 0 Å². The van der Waals surface area contributed by atoms with Crippen LogP contribution in [-0.4, -0.2) is 59.8 Å². The molecule has 1 heterocycles. The number of hydrogen-bond donors (Lipinski definition) is 1. The Balaban J connectivity index is 2.26.